The van der Waals surface area contributed by atoms with Gasteiger partial charge in [-0.3, -0.25) is 10.1 Å². The van der Waals surface area contributed by atoms with E-state index < -0.39 is 12.0 Å². The molecule has 0 radical (unpaired) electrons. The third-order valence-corrected chi connectivity index (χ3v) is 2.92. The van der Waals surface area contributed by atoms with Crippen LogP contribution in [0.5, 0.6) is 0 Å². The summed E-state index contributed by atoms with van der Waals surface area (Å²) >= 11 is 11.9. The van der Waals surface area contributed by atoms with Crippen LogP contribution >= 0.6 is 23.2 Å². The number of rotatable bonds is 3. The standard InChI is InChI=1S/C13H15Cl2N3O3/c1-7(2)21-13(20)18-12(16)17-11(19)6-8-9(14)4-3-5-10(8)15/h3-5,7H,6H2,1-2H3,(H3,16,17,18,19,20). The fraction of sp³-hybridized carbons (Fsp3) is 0.308. The topological polar surface area (TPSA) is 93.8 Å². The summed E-state index contributed by atoms with van der Waals surface area (Å²) in [4.78, 5) is 26.4. The summed E-state index contributed by atoms with van der Waals surface area (Å²) in [5.74, 6) is -0.850. The summed E-state index contributed by atoms with van der Waals surface area (Å²) in [5.41, 5.74) is 5.90. The lowest BCUT2D eigenvalue weighted by molar-refractivity contribution is -0.119. The van der Waals surface area contributed by atoms with E-state index in [0.29, 0.717) is 15.6 Å². The van der Waals surface area contributed by atoms with E-state index in [4.69, 9.17) is 33.7 Å². The molecule has 0 saturated carbocycles. The van der Waals surface area contributed by atoms with E-state index in [-0.39, 0.29) is 18.5 Å². The molecule has 0 saturated heterocycles. The molecule has 0 atom stereocenters. The summed E-state index contributed by atoms with van der Waals surface area (Å²) in [7, 11) is 0. The molecule has 1 rings (SSSR count). The molecular formula is C13H15Cl2N3O3. The largest absolute Gasteiger partial charge is 0.445 e. The van der Waals surface area contributed by atoms with Gasteiger partial charge in [0.25, 0.3) is 0 Å². The Hall–Kier alpha value is -1.79. The second-order valence-corrected chi connectivity index (χ2v) is 5.17. The molecule has 1 aromatic rings. The minimum absolute atomic E-state index is 0.0893. The lowest BCUT2D eigenvalue weighted by atomic mass is 10.1. The molecule has 0 bridgehead atoms. The van der Waals surface area contributed by atoms with Gasteiger partial charge in [0.05, 0.1) is 12.5 Å². The van der Waals surface area contributed by atoms with Crippen molar-refractivity contribution < 1.29 is 14.3 Å². The van der Waals surface area contributed by atoms with Gasteiger partial charge >= 0.3 is 6.09 Å². The molecule has 0 fully saturated rings. The van der Waals surface area contributed by atoms with Gasteiger partial charge in [0.1, 0.15) is 0 Å². The molecule has 21 heavy (non-hydrogen) atoms. The molecule has 114 valence electrons. The lowest BCUT2D eigenvalue weighted by Gasteiger charge is -2.08. The zero-order chi connectivity index (χ0) is 16.0. The predicted octanol–water partition coefficient (Wildman–Crippen LogP) is 2.51. The number of nitrogens with zero attached hydrogens (tertiary/aromatic N) is 1. The number of ether oxygens (including phenoxy) is 1. The van der Waals surface area contributed by atoms with Crippen molar-refractivity contribution in [1.29, 1.82) is 0 Å². The Bertz CT molecular complexity index is 554. The summed E-state index contributed by atoms with van der Waals surface area (Å²) in [6, 6.07) is 4.91. The van der Waals surface area contributed by atoms with Crippen LogP contribution in [0.4, 0.5) is 4.79 Å². The Morgan fingerprint density at radius 3 is 2.43 bits per heavy atom. The Balaban J connectivity index is 2.65. The average molecular weight is 332 g/mol. The molecule has 3 N–H and O–H groups in total. The summed E-state index contributed by atoms with van der Waals surface area (Å²) in [6.45, 7) is 3.34. The number of halogens is 2. The number of aliphatic imine (C=N–C) groups is 1. The highest BCUT2D eigenvalue weighted by molar-refractivity contribution is 6.36. The first-order chi connectivity index (χ1) is 9.79. The molecule has 0 unspecified atom stereocenters. The maximum atomic E-state index is 11.8. The number of carbonyl (C=O) groups excluding carboxylic acids is 2. The second kappa shape index (κ2) is 7.85. The Morgan fingerprint density at radius 1 is 1.33 bits per heavy atom. The van der Waals surface area contributed by atoms with Crippen LogP contribution in [0, 0.1) is 0 Å². The van der Waals surface area contributed by atoms with Crippen molar-refractivity contribution in [3.8, 4) is 0 Å². The van der Waals surface area contributed by atoms with E-state index in [2.05, 4.69) is 10.3 Å². The number of guanidine groups is 1. The van der Waals surface area contributed by atoms with Gasteiger partial charge in [-0.2, -0.15) is 0 Å². The van der Waals surface area contributed by atoms with Crippen LogP contribution in [0.1, 0.15) is 19.4 Å². The highest BCUT2D eigenvalue weighted by Gasteiger charge is 2.12. The zero-order valence-corrected chi connectivity index (χ0v) is 13.0. The first kappa shape index (κ1) is 17.3. The van der Waals surface area contributed by atoms with Crippen LogP contribution in [0.25, 0.3) is 0 Å². The van der Waals surface area contributed by atoms with Crippen molar-refractivity contribution in [2.24, 2.45) is 10.7 Å². The molecule has 0 aliphatic rings. The predicted molar refractivity (Wildman–Crippen MR) is 81.5 cm³/mol. The van der Waals surface area contributed by atoms with Crippen LogP contribution in [0.15, 0.2) is 23.2 Å². The van der Waals surface area contributed by atoms with Crippen LogP contribution in [-0.4, -0.2) is 24.1 Å². The van der Waals surface area contributed by atoms with Crippen LogP contribution < -0.4 is 11.1 Å². The number of benzene rings is 1. The number of hydrogen-bond donors (Lipinski definition) is 2. The fourth-order valence-corrected chi connectivity index (χ4v) is 1.93. The summed E-state index contributed by atoms with van der Waals surface area (Å²) in [6.07, 6.45) is -1.29. The Morgan fingerprint density at radius 2 is 1.90 bits per heavy atom. The van der Waals surface area contributed by atoms with E-state index in [9.17, 15) is 9.59 Å². The quantitative estimate of drug-likeness (QED) is 0.657. The van der Waals surface area contributed by atoms with Crippen molar-refractivity contribution in [2.75, 3.05) is 0 Å². The Kier molecular flexibility index (Phi) is 6.45. The van der Waals surface area contributed by atoms with Crippen molar-refractivity contribution in [2.45, 2.75) is 26.4 Å². The summed E-state index contributed by atoms with van der Waals surface area (Å²) < 4.78 is 4.76. The lowest BCUT2D eigenvalue weighted by Crippen LogP contribution is -2.38. The maximum Gasteiger partial charge on any atom is 0.437 e. The molecule has 2 amide bonds. The highest BCUT2D eigenvalue weighted by Crippen LogP contribution is 2.24. The van der Waals surface area contributed by atoms with Crippen molar-refractivity contribution in [3.63, 3.8) is 0 Å². The number of nitrogens with two attached hydrogens (primary N) is 1. The molecular weight excluding hydrogens is 317 g/mol. The number of amides is 2. The minimum Gasteiger partial charge on any atom is -0.445 e. The fourth-order valence-electron chi connectivity index (χ4n) is 1.40. The van der Waals surface area contributed by atoms with Gasteiger partial charge < -0.3 is 10.5 Å². The monoisotopic (exact) mass is 331 g/mol. The smallest absolute Gasteiger partial charge is 0.437 e. The van der Waals surface area contributed by atoms with Gasteiger partial charge in [-0.05, 0) is 31.5 Å². The van der Waals surface area contributed by atoms with Crippen molar-refractivity contribution in [1.82, 2.24) is 5.32 Å². The maximum absolute atomic E-state index is 11.8. The second-order valence-electron chi connectivity index (χ2n) is 4.35. The molecule has 0 aromatic heterocycles. The van der Waals surface area contributed by atoms with Gasteiger partial charge in [-0.25, -0.2) is 4.79 Å². The van der Waals surface area contributed by atoms with Gasteiger partial charge in [0.2, 0.25) is 11.9 Å². The van der Waals surface area contributed by atoms with Gasteiger partial charge in [0.15, 0.2) is 0 Å². The van der Waals surface area contributed by atoms with Crippen LogP contribution in [0.3, 0.4) is 0 Å². The van der Waals surface area contributed by atoms with Crippen LogP contribution in [0.2, 0.25) is 10.0 Å². The third-order valence-electron chi connectivity index (χ3n) is 2.21. The van der Waals surface area contributed by atoms with E-state index in [1.165, 1.54) is 0 Å². The highest BCUT2D eigenvalue weighted by atomic mass is 35.5. The average Bonchev–Trinajstić information content (AvgIpc) is 2.32. The molecule has 0 heterocycles. The number of nitrogens with one attached hydrogen (secondary N) is 1. The van der Waals surface area contributed by atoms with E-state index >= 15 is 0 Å². The van der Waals surface area contributed by atoms with Gasteiger partial charge in [-0.1, -0.05) is 29.3 Å². The zero-order valence-electron chi connectivity index (χ0n) is 11.5. The third kappa shape index (κ3) is 6.01. The molecule has 1 aromatic carbocycles. The summed E-state index contributed by atoms with van der Waals surface area (Å²) in [5, 5.41) is 2.99. The SMILES string of the molecule is CC(C)OC(=O)N=C(N)NC(=O)Cc1c(Cl)cccc1Cl. The van der Waals surface area contributed by atoms with E-state index in [1.807, 2.05) is 0 Å². The van der Waals surface area contributed by atoms with E-state index in [0.717, 1.165) is 0 Å². The first-order valence-electron chi connectivity index (χ1n) is 6.07. The normalized spacial score (nSPS) is 11.4. The van der Waals surface area contributed by atoms with E-state index in [1.54, 1.807) is 32.0 Å². The van der Waals surface area contributed by atoms with Gasteiger partial charge in [0, 0.05) is 10.0 Å². The molecule has 8 heteroatoms. The van der Waals surface area contributed by atoms with Crippen molar-refractivity contribution in [3.05, 3.63) is 33.8 Å². The number of carbonyl (C=O) groups is 2. The van der Waals surface area contributed by atoms with Crippen molar-refractivity contribution >= 4 is 41.2 Å². The van der Waals surface area contributed by atoms with Gasteiger partial charge in [-0.15, -0.1) is 4.99 Å². The molecule has 0 spiro atoms. The molecule has 0 aliphatic carbocycles. The number of hydrogen-bond acceptors (Lipinski definition) is 3. The minimum atomic E-state index is -0.876. The Labute approximate surface area is 132 Å². The molecule has 6 nitrogen and oxygen atoms in total. The molecule has 0 aliphatic heterocycles. The van der Waals surface area contributed by atoms with Crippen LogP contribution in [-0.2, 0) is 16.0 Å². The first-order valence-corrected chi connectivity index (χ1v) is 6.82.